The first kappa shape index (κ1) is 36.0. The molecule has 18 heavy (non-hydrogen) atoms. The van der Waals surface area contributed by atoms with Crippen LogP contribution in [0.5, 0.6) is 0 Å². The summed E-state index contributed by atoms with van der Waals surface area (Å²) < 4.78 is 0. The monoisotopic (exact) mass is 274 g/mol. The molecule has 14 N–H and O–H groups in total. The molecule has 0 aliphatic rings. The second-order valence-electron chi connectivity index (χ2n) is 2.16. The average molecular weight is 274 g/mol. The summed E-state index contributed by atoms with van der Waals surface area (Å²) in [7, 11) is 0. The van der Waals surface area contributed by atoms with Gasteiger partial charge in [-0.1, -0.05) is 12.1 Å². The van der Waals surface area contributed by atoms with Crippen LogP contribution < -0.4 is 0 Å². The largest absolute Gasteiger partial charge is 0.478 e. The lowest BCUT2D eigenvalue weighted by Crippen LogP contribution is -2.06. The molecule has 0 radical (unpaired) electrons. The van der Waals surface area contributed by atoms with E-state index in [1.165, 1.54) is 24.3 Å². The number of hydrogen-bond acceptors (Lipinski definition) is 2. The van der Waals surface area contributed by atoms with Gasteiger partial charge < -0.3 is 43.1 Å². The van der Waals surface area contributed by atoms with Crippen molar-refractivity contribution in [3.05, 3.63) is 35.4 Å². The molecule has 1 aromatic rings. The van der Waals surface area contributed by atoms with Gasteiger partial charge in [-0.05, 0) is 12.1 Å². The van der Waals surface area contributed by atoms with Crippen LogP contribution in [0.3, 0.4) is 0 Å². The van der Waals surface area contributed by atoms with E-state index in [0.29, 0.717) is 0 Å². The van der Waals surface area contributed by atoms with Crippen molar-refractivity contribution < 1.29 is 52.7 Å². The molecule has 0 unspecified atom stereocenters. The quantitative estimate of drug-likeness (QED) is 0.547. The topological polar surface area (TPSA) is 264 Å². The van der Waals surface area contributed by atoms with Gasteiger partial charge >= 0.3 is 11.9 Å². The zero-order valence-electron chi connectivity index (χ0n) is 9.02. The van der Waals surface area contributed by atoms with Crippen molar-refractivity contribution in [2.45, 2.75) is 0 Å². The predicted octanol–water partition coefficient (Wildman–Crippen LogP) is -3.87. The maximum atomic E-state index is 10.5. The Bertz CT molecular complexity index is 303. The summed E-state index contributed by atoms with van der Waals surface area (Å²) in [5, 5.41) is 17.1. The first-order valence-corrected chi connectivity index (χ1v) is 3.18. The molecule has 0 atom stereocenters. The average Bonchev–Trinajstić information content (AvgIpc) is 2.04. The Morgan fingerprint density at radius 1 is 0.667 bits per heavy atom. The third kappa shape index (κ3) is 8.12. The van der Waals surface area contributed by atoms with E-state index < -0.39 is 11.9 Å². The van der Waals surface area contributed by atoms with Crippen LogP contribution in [-0.2, 0) is 0 Å². The first-order valence-electron chi connectivity index (χ1n) is 3.18. The van der Waals surface area contributed by atoms with Gasteiger partial charge in [0.1, 0.15) is 0 Å². The van der Waals surface area contributed by atoms with Gasteiger partial charge in [-0.3, -0.25) is 0 Å². The molecular weight excluding hydrogens is 256 g/mol. The molecule has 0 fully saturated rings. The standard InChI is InChI=1S/C8H6O4.6H2O/c9-7(10)5-3-1-2-4-6(5)8(11)12;;;;;;/h1-4H,(H,9,10)(H,11,12);6*1H2. The first-order chi connectivity index (χ1) is 5.63. The van der Waals surface area contributed by atoms with Crippen LogP contribution in [0.15, 0.2) is 24.3 Å². The highest BCUT2D eigenvalue weighted by atomic mass is 16.4. The Kier molecular flexibility index (Phi) is 29.9. The molecule has 0 aromatic heterocycles. The van der Waals surface area contributed by atoms with Gasteiger partial charge in [0.2, 0.25) is 0 Å². The minimum atomic E-state index is -1.23. The van der Waals surface area contributed by atoms with Crippen LogP contribution in [-0.4, -0.2) is 55.0 Å². The maximum absolute atomic E-state index is 10.5. The van der Waals surface area contributed by atoms with Crippen molar-refractivity contribution in [1.29, 1.82) is 0 Å². The number of rotatable bonds is 2. The van der Waals surface area contributed by atoms with Crippen molar-refractivity contribution in [2.75, 3.05) is 0 Å². The Hall–Kier alpha value is -2.08. The lowest BCUT2D eigenvalue weighted by atomic mass is 10.1. The van der Waals surface area contributed by atoms with Crippen LogP contribution >= 0.6 is 0 Å². The second-order valence-corrected chi connectivity index (χ2v) is 2.16. The highest BCUT2D eigenvalue weighted by Crippen LogP contribution is 2.07. The Morgan fingerprint density at radius 2 is 0.889 bits per heavy atom. The van der Waals surface area contributed by atoms with Gasteiger partial charge in [-0.2, -0.15) is 0 Å². The van der Waals surface area contributed by atoms with Gasteiger partial charge in [-0.15, -0.1) is 0 Å². The predicted molar refractivity (Wildman–Crippen MR) is 62.0 cm³/mol. The molecule has 0 saturated heterocycles. The van der Waals surface area contributed by atoms with Crippen molar-refractivity contribution in [3.63, 3.8) is 0 Å². The molecule has 0 bridgehead atoms. The van der Waals surface area contributed by atoms with E-state index in [1.807, 2.05) is 0 Å². The summed E-state index contributed by atoms with van der Waals surface area (Å²) in [6.45, 7) is 0. The Morgan fingerprint density at radius 3 is 1.06 bits per heavy atom. The molecular formula is C8H18O10. The van der Waals surface area contributed by atoms with Gasteiger partial charge in [0.15, 0.2) is 0 Å². The summed E-state index contributed by atoms with van der Waals surface area (Å²) in [5.74, 6) is -2.46. The Labute approximate surface area is 101 Å². The molecule has 0 saturated carbocycles. The van der Waals surface area contributed by atoms with Gasteiger partial charge in [0.05, 0.1) is 11.1 Å². The Balaban J connectivity index is -0.0000000600. The zero-order valence-corrected chi connectivity index (χ0v) is 9.02. The molecule has 0 spiro atoms. The normalized spacial score (nSPS) is 6.22. The minimum Gasteiger partial charge on any atom is -0.478 e. The van der Waals surface area contributed by atoms with E-state index in [1.54, 1.807) is 0 Å². The van der Waals surface area contributed by atoms with Gasteiger partial charge in [-0.25, -0.2) is 9.59 Å². The van der Waals surface area contributed by atoms with E-state index in [-0.39, 0.29) is 44.0 Å². The molecule has 110 valence electrons. The fourth-order valence-corrected chi connectivity index (χ4v) is 0.856. The molecule has 1 aromatic carbocycles. The van der Waals surface area contributed by atoms with E-state index in [0.717, 1.165) is 0 Å². The van der Waals surface area contributed by atoms with Crippen LogP contribution in [0, 0.1) is 0 Å². The number of aromatic carboxylic acids is 2. The summed E-state index contributed by atoms with van der Waals surface area (Å²) in [4.78, 5) is 20.9. The summed E-state index contributed by atoms with van der Waals surface area (Å²) >= 11 is 0. The molecule has 10 nitrogen and oxygen atoms in total. The SMILES string of the molecule is O.O.O.O.O.O.O=C(O)c1ccccc1C(=O)O. The fraction of sp³-hybridized carbons (Fsp3) is 0. The number of carbonyl (C=O) groups is 2. The van der Waals surface area contributed by atoms with Crippen LogP contribution in [0.4, 0.5) is 0 Å². The van der Waals surface area contributed by atoms with Crippen molar-refractivity contribution in [2.24, 2.45) is 0 Å². The number of hydrogen-bond donors (Lipinski definition) is 2. The van der Waals surface area contributed by atoms with Crippen LogP contribution in [0.25, 0.3) is 0 Å². The smallest absolute Gasteiger partial charge is 0.336 e. The van der Waals surface area contributed by atoms with Crippen molar-refractivity contribution >= 4 is 11.9 Å². The maximum Gasteiger partial charge on any atom is 0.336 e. The number of carboxylic acid groups (broad SMARTS) is 2. The third-order valence-corrected chi connectivity index (χ3v) is 1.39. The highest BCUT2D eigenvalue weighted by molar-refractivity contribution is 6.01. The summed E-state index contributed by atoms with van der Waals surface area (Å²) in [5.41, 5.74) is -0.380. The second kappa shape index (κ2) is 14.9. The minimum absolute atomic E-state index is 0. The zero-order chi connectivity index (χ0) is 9.14. The van der Waals surface area contributed by atoms with Crippen molar-refractivity contribution in [1.82, 2.24) is 0 Å². The van der Waals surface area contributed by atoms with E-state index in [4.69, 9.17) is 10.2 Å². The molecule has 0 aliphatic heterocycles. The lowest BCUT2D eigenvalue weighted by molar-refractivity contribution is 0.0651. The molecule has 0 amide bonds. The number of carboxylic acids is 2. The summed E-state index contributed by atoms with van der Waals surface area (Å²) in [6, 6.07) is 5.48. The van der Waals surface area contributed by atoms with Crippen molar-refractivity contribution in [3.8, 4) is 0 Å². The van der Waals surface area contributed by atoms with E-state index in [2.05, 4.69) is 0 Å². The van der Waals surface area contributed by atoms with Gasteiger partial charge in [0.25, 0.3) is 0 Å². The fourth-order valence-electron chi connectivity index (χ4n) is 0.856. The van der Waals surface area contributed by atoms with Crippen LogP contribution in [0.2, 0.25) is 0 Å². The molecule has 0 aliphatic carbocycles. The number of benzene rings is 1. The van der Waals surface area contributed by atoms with E-state index >= 15 is 0 Å². The summed E-state index contributed by atoms with van der Waals surface area (Å²) in [6.07, 6.45) is 0. The molecule has 0 heterocycles. The van der Waals surface area contributed by atoms with Gasteiger partial charge in [0, 0.05) is 0 Å². The lowest BCUT2D eigenvalue weighted by Gasteiger charge is -1.98. The van der Waals surface area contributed by atoms with E-state index in [9.17, 15) is 9.59 Å². The van der Waals surface area contributed by atoms with Crippen LogP contribution in [0.1, 0.15) is 20.7 Å². The molecule has 1 rings (SSSR count). The highest BCUT2D eigenvalue weighted by Gasteiger charge is 2.13. The third-order valence-electron chi connectivity index (χ3n) is 1.39. The molecule has 10 heteroatoms.